The number of halogens is 1. The van der Waals surface area contributed by atoms with Crippen LogP contribution in [-0.2, 0) is 0 Å². The molecule has 86 valence electrons. The Balaban J connectivity index is 2.33. The third kappa shape index (κ3) is 1.99. The fourth-order valence-electron chi connectivity index (χ4n) is 1.60. The van der Waals surface area contributed by atoms with Gasteiger partial charge in [0, 0.05) is 13.1 Å². The second kappa shape index (κ2) is 4.09. The Morgan fingerprint density at radius 2 is 2.19 bits per heavy atom. The summed E-state index contributed by atoms with van der Waals surface area (Å²) < 4.78 is 0. The van der Waals surface area contributed by atoms with E-state index in [4.69, 9.17) is 22.4 Å². The molecule has 0 saturated carbocycles. The fraction of sp³-hybridized carbons (Fsp3) is 0.300. The average molecular weight is 242 g/mol. The van der Waals surface area contributed by atoms with Gasteiger partial charge in [-0.2, -0.15) is 0 Å². The van der Waals surface area contributed by atoms with E-state index in [0.717, 1.165) is 25.2 Å². The van der Waals surface area contributed by atoms with Gasteiger partial charge in [0.25, 0.3) is 0 Å². The van der Waals surface area contributed by atoms with Crippen LogP contribution in [0.1, 0.15) is 6.42 Å². The number of benzene rings is 1. The molecule has 0 spiro atoms. The Morgan fingerprint density at radius 1 is 1.50 bits per heavy atom. The van der Waals surface area contributed by atoms with Crippen molar-refractivity contribution in [2.75, 3.05) is 29.0 Å². The lowest BCUT2D eigenvalue weighted by Gasteiger charge is -2.34. The van der Waals surface area contributed by atoms with Crippen LogP contribution in [-0.4, -0.2) is 24.3 Å². The average Bonchev–Trinajstić information content (AvgIpc) is 2.09. The van der Waals surface area contributed by atoms with Crippen molar-refractivity contribution in [2.24, 2.45) is 0 Å². The number of rotatable bonds is 2. The summed E-state index contributed by atoms with van der Waals surface area (Å²) in [4.78, 5) is 12.6. The number of amides is 1. The Bertz CT molecular complexity index is 432. The summed E-state index contributed by atoms with van der Waals surface area (Å²) in [6, 6.07) is 3.24. The van der Waals surface area contributed by atoms with Gasteiger partial charge in [0.1, 0.15) is 0 Å². The van der Waals surface area contributed by atoms with E-state index in [0.29, 0.717) is 16.4 Å². The third-order valence-electron chi connectivity index (χ3n) is 2.56. The maximum Gasteiger partial charge on any atom is 0.409 e. The molecule has 1 aromatic carbocycles. The van der Waals surface area contributed by atoms with Crippen molar-refractivity contribution in [1.82, 2.24) is 0 Å². The number of anilines is 3. The number of carboxylic acid groups (broad SMARTS) is 1. The van der Waals surface area contributed by atoms with E-state index >= 15 is 0 Å². The molecule has 1 amide bonds. The second-order valence-electron chi connectivity index (χ2n) is 3.66. The van der Waals surface area contributed by atoms with E-state index in [2.05, 4.69) is 10.2 Å². The first-order chi connectivity index (χ1) is 7.58. The van der Waals surface area contributed by atoms with Crippen molar-refractivity contribution in [2.45, 2.75) is 6.42 Å². The molecule has 0 atom stereocenters. The van der Waals surface area contributed by atoms with Gasteiger partial charge in [-0.15, -0.1) is 0 Å². The number of carbonyl (C=O) groups is 1. The van der Waals surface area contributed by atoms with Crippen LogP contribution in [0.15, 0.2) is 12.1 Å². The summed E-state index contributed by atoms with van der Waals surface area (Å²) in [5.41, 5.74) is 7.20. The van der Waals surface area contributed by atoms with Gasteiger partial charge in [0.05, 0.1) is 22.1 Å². The van der Waals surface area contributed by atoms with Gasteiger partial charge in [0.15, 0.2) is 0 Å². The van der Waals surface area contributed by atoms with Crippen molar-refractivity contribution >= 4 is 34.8 Å². The summed E-state index contributed by atoms with van der Waals surface area (Å²) in [6.07, 6.45) is -0.00819. The lowest BCUT2D eigenvalue weighted by atomic mass is 10.1. The van der Waals surface area contributed by atoms with Crippen LogP contribution in [0, 0.1) is 0 Å². The van der Waals surface area contributed by atoms with Crippen LogP contribution in [0.5, 0.6) is 0 Å². The predicted molar refractivity (Wildman–Crippen MR) is 64.3 cm³/mol. The Hall–Kier alpha value is -1.62. The Labute approximate surface area is 97.8 Å². The number of nitrogens with one attached hydrogen (secondary N) is 1. The summed E-state index contributed by atoms with van der Waals surface area (Å²) in [5, 5.41) is 11.4. The number of nitrogen functional groups attached to an aromatic ring is 1. The summed E-state index contributed by atoms with van der Waals surface area (Å²) in [7, 11) is 0. The van der Waals surface area contributed by atoms with Crippen molar-refractivity contribution in [1.29, 1.82) is 0 Å². The third-order valence-corrected chi connectivity index (χ3v) is 2.86. The van der Waals surface area contributed by atoms with Crippen molar-refractivity contribution in [3.05, 3.63) is 17.2 Å². The monoisotopic (exact) mass is 241 g/mol. The highest BCUT2D eigenvalue weighted by Gasteiger charge is 2.19. The Morgan fingerprint density at radius 3 is 2.69 bits per heavy atom. The minimum atomic E-state index is -1.14. The summed E-state index contributed by atoms with van der Waals surface area (Å²) in [6.45, 7) is 1.88. The number of nitrogens with zero attached hydrogens (tertiary/aromatic N) is 1. The zero-order valence-corrected chi connectivity index (χ0v) is 9.29. The molecule has 5 nitrogen and oxygen atoms in total. The van der Waals surface area contributed by atoms with E-state index < -0.39 is 6.09 Å². The fourth-order valence-corrected chi connectivity index (χ4v) is 1.89. The van der Waals surface area contributed by atoms with E-state index in [1.54, 1.807) is 12.1 Å². The molecule has 1 aromatic rings. The molecular formula is C10H12ClN3O2. The van der Waals surface area contributed by atoms with Gasteiger partial charge >= 0.3 is 6.09 Å². The largest absolute Gasteiger partial charge is 0.465 e. The predicted octanol–water partition coefficient (Wildman–Crippen LogP) is 2.22. The normalized spacial score (nSPS) is 14.4. The molecule has 2 rings (SSSR count). The van der Waals surface area contributed by atoms with Crippen molar-refractivity contribution in [3.8, 4) is 0 Å². The minimum Gasteiger partial charge on any atom is -0.465 e. The minimum absolute atomic E-state index is 0.330. The van der Waals surface area contributed by atoms with Gasteiger partial charge in [-0.3, -0.25) is 5.32 Å². The lowest BCUT2D eigenvalue weighted by Crippen LogP contribution is -2.37. The zero-order valence-electron chi connectivity index (χ0n) is 8.53. The van der Waals surface area contributed by atoms with Crippen LogP contribution >= 0.6 is 11.6 Å². The summed E-state index contributed by atoms with van der Waals surface area (Å²) in [5.74, 6) is 0. The van der Waals surface area contributed by atoms with E-state index in [9.17, 15) is 4.79 Å². The molecule has 0 bridgehead atoms. The molecule has 1 saturated heterocycles. The highest BCUT2D eigenvalue weighted by atomic mass is 35.5. The second-order valence-corrected chi connectivity index (χ2v) is 4.07. The van der Waals surface area contributed by atoms with Crippen LogP contribution in [0.25, 0.3) is 0 Å². The SMILES string of the molecule is Nc1cc(Cl)c(N2CCC2)cc1NC(=O)O. The summed E-state index contributed by atoms with van der Waals surface area (Å²) >= 11 is 6.05. The van der Waals surface area contributed by atoms with Gasteiger partial charge in [-0.1, -0.05) is 11.6 Å². The standard InChI is InChI=1S/C10H12ClN3O2/c11-6-4-7(12)8(13-10(15)16)5-9(6)14-2-1-3-14/h4-5,13H,1-3,12H2,(H,15,16). The van der Waals surface area contributed by atoms with Gasteiger partial charge in [-0.25, -0.2) is 4.79 Å². The molecule has 1 fully saturated rings. The molecule has 0 aromatic heterocycles. The number of hydrogen-bond donors (Lipinski definition) is 3. The molecule has 0 radical (unpaired) electrons. The van der Waals surface area contributed by atoms with Gasteiger partial charge in [0.2, 0.25) is 0 Å². The first-order valence-electron chi connectivity index (χ1n) is 4.92. The zero-order chi connectivity index (χ0) is 11.7. The van der Waals surface area contributed by atoms with Crippen LogP contribution in [0.3, 0.4) is 0 Å². The molecule has 0 unspecified atom stereocenters. The van der Waals surface area contributed by atoms with Crippen LogP contribution in [0.2, 0.25) is 5.02 Å². The van der Waals surface area contributed by atoms with Crippen molar-refractivity contribution in [3.63, 3.8) is 0 Å². The van der Waals surface area contributed by atoms with Gasteiger partial charge < -0.3 is 15.7 Å². The molecule has 6 heteroatoms. The van der Waals surface area contributed by atoms with Gasteiger partial charge in [-0.05, 0) is 18.6 Å². The molecule has 16 heavy (non-hydrogen) atoms. The molecule has 1 aliphatic rings. The first-order valence-corrected chi connectivity index (χ1v) is 5.29. The van der Waals surface area contributed by atoms with E-state index in [1.807, 2.05) is 0 Å². The first kappa shape index (κ1) is 10.9. The maximum atomic E-state index is 10.6. The molecule has 1 aliphatic heterocycles. The number of nitrogens with two attached hydrogens (primary N) is 1. The van der Waals surface area contributed by atoms with E-state index in [1.165, 1.54) is 0 Å². The van der Waals surface area contributed by atoms with Crippen LogP contribution in [0.4, 0.5) is 21.9 Å². The smallest absolute Gasteiger partial charge is 0.409 e. The molecule has 1 heterocycles. The van der Waals surface area contributed by atoms with Crippen LogP contribution < -0.4 is 16.0 Å². The molecular weight excluding hydrogens is 230 g/mol. The highest BCUT2D eigenvalue weighted by molar-refractivity contribution is 6.33. The Kier molecular flexibility index (Phi) is 2.78. The topological polar surface area (TPSA) is 78.6 Å². The van der Waals surface area contributed by atoms with Crippen molar-refractivity contribution < 1.29 is 9.90 Å². The molecule has 0 aliphatic carbocycles. The lowest BCUT2D eigenvalue weighted by molar-refractivity contribution is 0.210. The van der Waals surface area contributed by atoms with E-state index in [-0.39, 0.29) is 0 Å². The quantitative estimate of drug-likeness (QED) is 0.694. The number of hydrogen-bond acceptors (Lipinski definition) is 3. The maximum absolute atomic E-state index is 10.6. The molecule has 4 N–H and O–H groups in total. The highest BCUT2D eigenvalue weighted by Crippen LogP contribution is 2.35.